The largest absolute Gasteiger partial charge is 0.492 e. The molecule has 0 aromatic heterocycles. The van der Waals surface area contributed by atoms with Crippen LogP contribution in [0.2, 0.25) is 0 Å². The Morgan fingerprint density at radius 3 is 3.17 bits per heavy atom. The van der Waals surface area contributed by atoms with Gasteiger partial charge in [-0.2, -0.15) is 5.10 Å². The molecule has 0 bridgehead atoms. The number of hydrogen-bond donors (Lipinski definition) is 2. The van der Waals surface area contributed by atoms with Gasteiger partial charge >= 0.3 is 0 Å². The molecular formula is C13H15N3OS. The van der Waals surface area contributed by atoms with E-state index in [4.69, 9.17) is 17.0 Å². The lowest BCUT2D eigenvalue weighted by Gasteiger charge is -2.18. The molecule has 1 heterocycles. The number of hydrogen-bond acceptors (Lipinski definition) is 3. The Morgan fingerprint density at radius 2 is 2.33 bits per heavy atom. The second-order valence-corrected chi connectivity index (χ2v) is 4.17. The van der Waals surface area contributed by atoms with Crippen molar-refractivity contribution in [3.63, 3.8) is 0 Å². The molecule has 0 aliphatic carbocycles. The topological polar surface area (TPSA) is 45.7 Å². The fraction of sp³-hybridized carbons (Fsp3) is 0.231. The molecule has 0 spiro atoms. The maximum Gasteiger partial charge on any atom is 0.187 e. The summed E-state index contributed by atoms with van der Waals surface area (Å²) < 4.78 is 5.56. The fourth-order valence-corrected chi connectivity index (χ4v) is 1.79. The molecule has 5 heteroatoms. The van der Waals surface area contributed by atoms with Crippen molar-refractivity contribution >= 4 is 23.0 Å². The third-order valence-corrected chi connectivity index (χ3v) is 2.73. The summed E-state index contributed by atoms with van der Waals surface area (Å²) in [7, 11) is 0. The van der Waals surface area contributed by atoms with Gasteiger partial charge in [-0.05, 0) is 24.4 Å². The Kier molecular flexibility index (Phi) is 4.30. The Hall–Kier alpha value is -1.88. The van der Waals surface area contributed by atoms with Gasteiger partial charge in [0.1, 0.15) is 5.75 Å². The van der Waals surface area contributed by atoms with Gasteiger partial charge in [-0.25, -0.2) is 0 Å². The predicted molar refractivity (Wildman–Crippen MR) is 77.0 cm³/mol. The summed E-state index contributed by atoms with van der Waals surface area (Å²) in [5.74, 6) is 0.870. The van der Waals surface area contributed by atoms with Crippen LogP contribution in [0, 0.1) is 0 Å². The van der Waals surface area contributed by atoms with Crippen LogP contribution in [-0.2, 0) is 0 Å². The van der Waals surface area contributed by atoms with Gasteiger partial charge in [0.05, 0.1) is 12.3 Å². The van der Waals surface area contributed by atoms with E-state index in [9.17, 15) is 0 Å². The molecule has 4 nitrogen and oxygen atoms in total. The fourth-order valence-electron chi connectivity index (χ4n) is 1.66. The van der Waals surface area contributed by atoms with Gasteiger partial charge in [-0.15, -0.1) is 6.58 Å². The number of para-hydroxylation sites is 1. The van der Waals surface area contributed by atoms with Crippen LogP contribution in [0.5, 0.6) is 5.75 Å². The van der Waals surface area contributed by atoms with Gasteiger partial charge in [-0.3, -0.25) is 5.43 Å². The Balaban J connectivity index is 2.06. The number of ether oxygens (including phenoxy) is 1. The number of nitrogens with zero attached hydrogens (tertiary/aromatic N) is 1. The summed E-state index contributed by atoms with van der Waals surface area (Å²) in [5, 5.41) is 7.78. The lowest BCUT2D eigenvalue weighted by Crippen LogP contribution is -2.33. The zero-order chi connectivity index (χ0) is 12.8. The Labute approximate surface area is 112 Å². The number of benzene rings is 1. The number of fused-ring (bicyclic) bond motifs is 1. The Bertz CT molecular complexity index is 485. The average Bonchev–Trinajstić information content (AvgIpc) is 2.42. The van der Waals surface area contributed by atoms with Crippen molar-refractivity contribution in [1.82, 2.24) is 10.7 Å². The van der Waals surface area contributed by atoms with Gasteiger partial charge in [0.25, 0.3) is 0 Å². The van der Waals surface area contributed by atoms with E-state index in [0.717, 1.165) is 23.4 Å². The standard InChI is InChI=1S/C13H15N3OS/c1-2-8-14-13(18)16-15-11-7-9-17-12-6-4-3-5-10(11)12/h2-6H,1,7-9H2,(H2,14,16,18)/b15-11-. The second kappa shape index (κ2) is 6.16. The van der Waals surface area contributed by atoms with Crippen LogP contribution in [0.25, 0.3) is 0 Å². The molecule has 0 saturated carbocycles. The molecule has 0 atom stereocenters. The van der Waals surface area contributed by atoms with Crippen molar-refractivity contribution in [2.45, 2.75) is 6.42 Å². The first-order valence-electron chi connectivity index (χ1n) is 5.75. The van der Waals surface area contributed by atoms with E-state index in [1.165, 1.54) is 0 Å². The van der Waals surface area contributed by atoms with E-state index < -0.39 is 0 Å². The van der Waals surface area contributed by atoms with E-state index >= 15 is 0 Å². The van der Waals surface area contributed by atoms with Crippen molar-refractivity contribution in [1.29, 1.82) is 0 Å². The first-order chi connectivity index (χ1) is 8.81. The molecule has 0 saturated heterocycles. The maximum atomic E-state index is 5.56. The van der Waals surface area contributed by atoms with Gasteiger partial charge in [0, 0.05) is 18.5 Å². The van der Waals surface area contributed by atoms with Crippen LogP contribution in [0.15, 0.2) is 42.0 Å². The number of hydrazone groups is 1. The number of nitrogens with one attached hydrogen (secondary N) is 2. The Morgan fingerprint density at radius 1 is 1.50 bits per heavy atom. The van der Waals surface area contributed by atoms with Crippen molar-refractivity contribution in [3.05, 3.63) is 42.5 Å². The summed E-state index contributed by atoms with van der Waals surface area (Å²) in [4.78, 5) is 0. The molecule has 1 aliphatic rings. The van der Waals surface area contributed by atoms with E-state index in [-0.39, 0.29) is 0 Å². The van der Waals surface area contributed by atoms with Crippen molar-refractivity contribution in [2.24, 2.45) is 5.10 Å². The minimum absolute atomic E-state index is 0.492. The van der Waals surface area contributed by atoms with Crippen LogP contribution in [0.4, 0.5) is 0 Å². The molecule has 2 N–H and O–H groups in total. The summed E-state index contributed by atoms with van der Waals surface area (Å²) in [6.45, 7) is 4.87. The van der Waals surface area contributed by atoms with Crippen LogP contribution < -0.4 is 15.5 Å². The van der Waals surface area contributed by atoms with Crippen LogP contribution in [-0.4, -0.2) is 24.0 Å². The third kappa shape index (κ3) is 3.07. The normalized spacial score (nSPS) is 15.4. The smallest absolute Gasteiger partial charge is 0.187 e. The van der Waals surface area contributed by atoms with Gasteiger partial charge in [0.2, 0.25) is 0 Å². The van der Waals surface area contributed by atoms with Crippen molar-refractivity contribution < 1.29 is 4.74 Å². The van der Waals surface area contributed by atoms with E-state index in [0.29, 0.717) is 18.3 Å². The molecule has 94 valence electrons. The highest BCUT2D eigenvalue weighted by Crippen LogP contribution is 2.23. The van der Waals surface area contributed by atoms with Gasteiger partial charge < -0.3 is 10.1 Å². The molecule has 1 aromatic rings. The van der Waals surface area contributed by atoms with E-state index in [1.807, 2.05) is 24.3 Å². The summed E-state index contributed by atoms with van der Waals surface area (Å²) >= 11 is 5.08. The molecule has 2 rings (SSSR count). The average molecular weight is 261 g/mol. The SMILES string of the molecule is C=CCNC(=S)N/N=C1/CCOc2ccccc21. The van der Waals surface area contributed by atoms with Crippen LogP contribution in [0.3, 0.4) is 0 Å². The van der Waals surface area contributed by atoms with Gasteiger partial charge in [0.15, 0.2) is 5.11 Å². The van der Waals surface area contributed by atoms with Crippen LogP contribution >= 0.6 is 12.2 Å². The number of rotatable bonds is 3. The molecule has 1 aromatic carbocycles. The van der Waals surface area contributed by atoms with Crippen molar-refractivity contribution in [3.8, 4) is 5.75 Å². The third-order valence-electron chi connectivity index (χ3n) is 2.49. The summed E-state index contributed by atoms with van der Waals surface area (Å²) in [5.41, 5.74) is 4.81. The molecular weight excluding hydrogens is 246 g/mol. The first kappa shape index (κ1) is 12.6. The van der Waals surface area contributed by atoms with Crippen LogP contribution in [0.1, 0.15) is 12.0 Å². The number of thiocarbonyl (C=S) groups is 1. The predicted octanol–water partition coefficient (Wildman–Crippen LogP) is 1.82. The highest BCUT2D eigenvalue weighted by molar-refractivity contribution is 7.80. The zero-order valence-corrected chi connectivity index (χ0v) is 10.8. The highest BCUT2D eigenvalue weighted by Gasteiger charge is 2.15. The minimum Gasteiger partial charge on any atom is -0.492 e. The molecule has 0 unspecified atom stereocenters. The van der Waals surface area contributed by atoms with Gasteiger partial charge in [-0.1, -0.05) is 18.2 Å². The van der Waals surface area contributed by atoms with Crippen molar-refractivity contribution in [2.75, 3.05) is 13.2 Å². The zero-order valence-electron chi connectivity index (χ0n) is 9.98. The molecule has 18 heavy (non-hydrogen) atoms. The lowest BCUT2D eigenvalue weighted by molar-refractivity contribution is 0.320. The molecule has 0 amide bonds. The minimum atomic E-state index is 0.492. The summed E-state index contributed by atoms with van der Waals surface area (Å²) in [6, 6.07) is 7.86. The van der Waals surface area contributed by atoms with E-state index in [2.05, 4.69) is 22.4 Å². The molecule has 1 aliphatic heterocycles. The molecule has 0 radical (unpaired) electrons. The highest BCUT2D eigenvalue weighted by atomic mass is 32.1. The second-order valence-electron chi connectivity index (χ2n) is 3.76. The monoisotopic (exact) mass is 261 g/mol. The summed E-state index contributed by atoms with van der Waals surface area (Å²) in [6.07, 6.45) is 2.51. The maximum absolute atomic E-state index is 5.56. The first-order valence-corrected chi connectivity index (χ1v) is 6.15. The van der Waals surface area contributed by atoms with E-state index in [1.54, 1.807) is 6.08 Å². The quantitative estimate of drug-likeness (QED) is 0.495. The molecule has 0 fully saturated rings. The lowest BCUT2D eigenvalue weighted by atomic mass is 10.0.